The van der Waals surface area contributed by atoms with Gasteiger partial charge >= 0.3 is 27.0 Å². The average Bonchev–Trinajstić information content (AvgIpc) is 2.78. The van der Waals surface area contributed by atoms with Gasteiger partial charge in [-0.1, -0.05) is 83.9 Å². The van der Waals surface area contributed by atoms with Crippen molar-refractivity contribution >= 4 is 19.7 Å². The third-order valence-corrected chi connectivity index (χ3v) is 6.40. The van der Waals surface area contributed by atoms with Crippen LogP contribution in [0, 0.1) is 28.2 Å². The van der Waals surface area contributed by atoms with Crippen molar-refractivity contribution in [3.63, 3.8) is 0 Å². The number of hydrogen-bond acceptors (Lipinski definition) is 2. The van der Waals surface area contributed by atoms with Crippen LogP contribution in [0.15, 0.2) is 72.8 Å². The summed E-state index contributed by atoms with van der Waals surface area (Å²) in [6.07, 6.45) is 0. The van der Waals surface area contributed by atoms with Crippen molar-refractivity contribution in [2.75, 3.05) is 0 Å². The van der Waals surface area contributed by atoms with Gasteiger partial charge in [0.05, 0.1) is 15.8 Å². The van der Waals surface area contributed by atoms with Crippen LogP contribution in [0.1, 0.15) is 45.5 Å². The van der Waals surface area contributed by atoms with E-state index in [-0.39, 0.29) is 13.2 Å². The molecule has 3 aromatic rings. The van der Waals surface area contributed by atoms with Gasteiger partial charge in [0.15, 0.2) is 0 Å². The van der Waals surface area contributed by atoms with Gasteiger partial charge in [-0.05, 0) is 43.0 Å². The van der Waals surface area contributed by atoms with Gasteiger partial charge in [-0.25, -0.2) is 8.42 Å². The molecule has 1 N–H and O–H groups in total. The van der Waals surface area contributed by atoms with Gasteiger partial charge in [0, 0.05) is 0 Å². The first kappa shape index (κ1) is 28.5. The molecule has 0 heterocycles. The minimum absolute atomic E-state index is 0. The zero-order valence-electron chi connectivity index (χ0n) is 18.7. The second-order valence-electron chi connectivity index (χ2n) is 7.44. The predicted molar refractivity (Wildman–Crippen MR) is 132 cm³/mol. The van der Waals surface area contributed by atoms with Crippen molar-refractivity contribution in [3.8, 4) is 0 Å². The monoisotopic (exact) mass is 558 g/mol. The second-order valence-corrected chi connectivity index (χ2v) is 9.10. The molecule has 0 aliphatic heterocycles. The van der Waals surface area contributed by atoms with Crippen LogP contribution in [0.25, 0.3) is 10.5 Å². The van der Waals surface area contributed by atoms with Gasteiger partial charge in [-0.2, -0.15) is 0 Å². The van der Waals surface area contributed by atoms with Gasteiger partial charge in [-0.3, -0.25) is 0 Å². The Hall–Kier alpha value is -1.56. The van der Waals surface area contributed by atoms with Crippen molar-refractivity contribution in [3.05, 3.63) is 124 Å². The first-order valence-corrected chi connectivity index (χ1v) is 13.6. The Morgan fingerprint density at radius 3 is 1.84 bits per heavy atom. The molecule has 2 unspecified atom stereocenters. The van der Waals surface area contributed by atoms with Gasteiger partial charge in [0.25, 0.3) is 0 Å². The number of rotatable bonds is 7. The molecule has 0 amide bonds. The number of hydrogen-bond donors (Lipinski definition) is 0. The van der Waals surface area contributed by atoms with E-state index in [4.69, 9.17) is 5.73 Å². The molecular weight excluding hydrogens is 529 g/mol. The fourth-order valence-corrected chi connectivity index (χ4v) is 4.76. The summed E-state index contributed by atoms with van der Waals surface area (Å²) in [5.41, 5.74) is 14.1. The summed E-state index contributed by atoms with van der Waals surface area (Å²) in [6.45, 7) is 5.91. The predicted octanol–water partition coefficient (Wildman–Crippen LogP) is 7.49. The van der Waals surface area contributed by atoms with Crippen molar-refractivity contribution < 1.29 is 25.7 Å². The normalized spacial score (nSPS) is 12.7. The molecule has 0 saturated heterocycles. The number of aryl methyl sites for hydroxylation is 3. The Morgan fingerprint density at radius 2 is 1.31 bits per heavy atom. The average molecular weight is 558 g/mol. The third kappa shape index (κ3) is 7.79. The quantitative estimate of drug-likeness (QED) is 0.223. The minimum atomic E-state index is -3.78. The van der Waals surface area contributed by atoms with Crippen molar-refractivity contribution in [2.45, 2.75) is 38.6 Å². The molecule has 0 radical (unpaired) electrons. The zero-order valence-corrected chi connectivity index (χ0v) is 22.0. The van der Waals surface area contributed by atoms with Crippen LogP contribution in [-0.4, -0.2) is 8.42 Å². The van der Waals surface area contributed by atoms with E-state index in [1.165, 1.54) is 0 Å². The molecule has 3 rings (SSSR count). The fourth-order valence-electron chi connectivity index (χ4n) is 3.39. The summed E-state index contributed by atoms with van der Waals surface area (Å²) in [5.74, 6) is -0.162. The molecule has 0 aliphatic carbocycles. The number of sulfonamides is 1. The van der Waals surface area contributed by atoms with Gasteiger partial charge < -0.3 is 17.9 Å². The summed E-state index contributed by atoms with van der Waals surface area (Å²) in [4.78, 5) is 0. The molecule has 0 aliphatic rings. The summed E-state index contributed by atoms with van der Waals surface area (Å²) in [7, 11) is 0.787. The molecule has 3 aromatic carbocycles. The first-order chi connectivity index (χ1) is 14.8. The molecule has 0 saturated carbocycles. The van der Waals surface area contributed by atoms with E-state index >= 15 is 0 Å². The van der Waals surface area contributed by atoms with Crippen LogP contribution >= 0.6 is 9.69 Å². The molecule has 0 aromatic heterocycles. The Morgan fingerprint density at radius 1 is 0.844 bits per heavy atom. The maximum absolute atomic E-state index is 13.0. The van der Waals surface area contributed by atoms with Crippen LogP contribution in [0.5, 0.6) is 0 Å². The van der Waals surface area contributed by atoms with E-state index in [1.54, 1.807) is 0 Å². The molecular formula is C25H29ClN2O2RuS. The fraction of sp³-hybridized carbons (Fsp3) is 0.240. The third-order valence-electron chi connectivity index (χ3n) is 5.18. The number of nitrogens with zero attached hydrogens (tertiary/aromatic N) is 1. The molecule has 32 heavy (non-hydrogen) atoms. The molecule has 0 spiro atoms. The number of nitrogens with one attached hydrogen (secondary N) is 1. The van der Waals surface area contributed by atoms with E-state index in [1.807, 2.05) is 111 Å². The summed E-state index contributed by atoms with van der Waals surface area (Å²) < 4.78 is 30.3. The molecule has 172 valence electrons. The van der Waals surface area contributed by atoms with Gasteiger partial charge in [0.1, 0.15) is 0 Å². The van der Waals surface area contributed by atoms with Gasteiger partial charge in [0.2, 0.25) is 0 Å². The molecule has 0 fully saturated rings. The Bertz CT molecular complexity index is 1080. The second kappa shape index (κ2) is 13.2. The van der Waals surface area contributed by atoms with E-state index < -0.39 is 22.1 Å². The first-order valence-electron chi connectivity index (χ1n) is 9.73. The van der Waals surface area contributed by atoms with E-state index in [2.05, 4.69) is 14.4 Å². The summed E-state index contributed by atoms with van der Waals surface area (Å²) >= 11 is 1.82. The Kier molecular flexibility index (Phi) is 11.8. The van der Waals surface area contributed by atoms with Gasteiger partial charge in [-0.15, -0.1) is 12.1 Å². The maximum atomic E-state index is 13.0. The number of halogens is 1. The van der Waals surface area contributed by atoms with Crippen molar-refractivity contribution in [2.24, 2.45) is 0 Å². The van der Waals surface area contributed by atoms with Crippen LogP contribution in [0.4, 0.5) is 0 Å². The van der Waals surface area contributed by atoms with Crippen molar-refractivity contribution in [1.82, 2.24) is 0 Å². The van der Waals surface area contributed by atoms with Crippen molar-refractivity contribution in [1.29, 1.82) is 0 Å². The van der Waals surface area contributed by atoms with Crippen LogP contribution in [0.3, 0.4) is 0 Å². The standard InChI is InChI=1S/C24H26N2O2S.CH3.ClH.Ru/c1-17-14-19(3)22(15-18(17)2)16-29(27,28)26-24(21-12-8-5-9-13-21)23(25)20-10-6-4-7-11-20;;;/h4-15,23-25H,16H2,1-3H3;1H3;1H;/q-2;-1;;+4/p-1. The van der Waals surface area contributed by atoms with Crippen LogP contribution in [0.2, 0.25) is 0 Å². The Labute approximate surface area is 207 Å². The van der Waals surface area contributed by atoms with E-state index in [0.29, 0.717) is 0 Å². The molecule has 0 bridgehead atoms. The van der Waals surface area contributed by atoms with Crippen LogP contribution < -0.4 is 0 Å². The van der Waals surface area contributed by atoms with E-state index in [0.717, 1.165) is 33.4 Å². The topological polar surface area (TPSA) is 72.0 Å². The Balaban J connectivity index is 0.00000166. The van der Waals surface area contributed by atoms with E-state index in [9.17, 15) is 8.42 Å². The summed E-state index contributed by atoms with van der Waals surface area (Å²) in [6, 6.07) is 20.8. The van der Waals surface area contributed by atoms with Crippen LogP contribution in [-0.2, 0) is 33.1 Å². The number of benzene rings is 3. The SMILES string of the molecule is Cc1cc(C)c(CS(=O)(=O)[N-]C(c2ccccc2)C([NH-])c2ccccc2)cc1C.[CH3-].[Cl][Ru+3]. The molecule has 7 heteroatoms. The molecule has 2 atom stereocenters. The summed E-state index contributed by atoms with van der Waals surface area (Å²) in [5, 5.41) is 0. The molecule has 4 nitrogen and oxygen atoms in total. The zero-order chi connectivity index (χ0) is 23.0.